The first-order valence-electron chi connectivity index (χ1n) is 9.15. The summed E-state index contributed by atoms with van der Waals surface area (Å²) in [6.45, 7) is 4.26. The van der Waals surface area contributed by atoms with Crippen LogP contribution >= 0.6 is 0 Å². The van der Waals surface area contributed by atoms with Gasteiger partial charge in [0.25, 0.3) is 5.91 Å². The van der Waals surface area contributed by atoms with Crippen LogP contribution in [0.1, 0.15) is 26.5 Å². The first kappa shape index (κ1) is 18.9. The summed E-state index contributed by atoms with van der Waals surface area (Å²) in [6.07, 6.45) is 1.43. The predicted octanol–water partition coefficient (Wildman–Crippen LogP) is 2.41. The Hall–Kier alpha value is -3.46. The van der Waals surface area contributed by atoms with Gasteiger partial charge in [-0.15, -0.1) is 0 Å². The highest BCUT2D eigenvalue weighted by atomic mass is 16.5. The number of anilines is 2. The Bertz CT molecular complexity index is 1050. The van der Waals surface area contributed by atoms with Gasteiger partial charge in [-0.2, -0.15) is 0 Å². The first-order chi connectivity index (χ1) is 14.1. The van der Waals surface area contributed by atoms with Crippen LogP contribution in [0.2, 0.25) is 0 Å². The van der Waals surface area contributed by atoms with E-state index < -0.39 is 5.97 Å². The molecule has 0 aliphatic carbocycles. The fourth-order valence-electron chi connectivity index (χ4n) is 3.32. The van der Waals surface area contributed by atoms with Gasteiger partial charge in [-0.1, -0.05) is 0 Å². The van der Waals surface area contributed by atoms with E-state index in [2.05, 4.69) is 24.9 Å². The number of furan rings is 1. The summed E-state index contributed by atoms with van der Waals surface area (Å²) >= 11 is 0. The molecule has 150 valence electrons. The molecule has 0 bridgehead atoms. The highest BCUT2D eigenvalue weighted by Crippen LogP contribution is 2.32. The Labute approximate surface area is 166 Å². The molecule has 9 nitrogen and oxygen atoms in total. The molecule has 1 aliphatic heterocycles. The molecule has 29 heavy (non-hydrogen) atoms. The van der Waals surface area contributed by atoms with Crippen molar-refractivity contribution < 1.29 is 23.5 Å². The zero-order valence-electron chi connectivity index (χ0n) is 16.1. The van der Waals surface area contributed by atoms with Crippen LogP contribution < -0.4 is 10.2 Å². The van der Waals surface area contributed by atoms with Crippen LogP contribution in [-0.4, -0.2) is 55.3 Å². The maximum Gasteiger partial charge on any atom is 0.337 e. The predicted molar refractivity (Wildman–Crippen MR) is 105 cm³/mol. The molecule has 4 rings (SSSR count). The van der Waals surface area contributed by atoms with Gasteiger partial charge >= 0.3 is 5.97 Å². The third-order valence-corrected chi connectivity index (χ3v) is 4.75. The highest BCUT2D eigenvalue weighted by molar-refractivity contribution is 6.15. The summed E-state index contributed by atoms with van der Waals surface area (Å²) in [6, 6.07) is 6.45. The third kappa shape index (κ3) is 3.64. The number of nitrogens with one attached hydrogen (secondary N) is 1. The van der Waals surface area contributed by atoms with Crippen molar-refractivity contribution in [2.24, 2.45) is 0 Å². The van der Waals surface area contributed by atoms with Gasteiger partial charge in [-0.25, -0.2) is 14.8 Å². The van der Waals surface area contributed by atoms with Crippen molar-refractivity contribution in [2.75, 3.05) is 43.6 Å². The number of aryl methyl sites for hydroxylation is 1. The van der Waals surface area contributed by atoms with Crippen molar-refractivity contribution in [1.29, 1.82) is 0 Å². The van der Waals surface area contributed by atoms with Gasteiger partial charge < -0.3 is 24.1 Å². The van der Waals surface area contributed by atoms with E-state index in [9.17, 15) is 9.59 Å². The van der Waals surface area contributed by atoms with E-state index in [1.807, 2.05) is 0 Å². The Morgan fingerprint density at radius 1 is 1.14 bits per heavy atom. The van der Waals surface area contributed by atoms with E-state index in [1.54, 1.807) is 31.2 Å². The minimum absolute atomic E-state index is 0.337. The van der Waals surface area contributed by atoms with Crippen molar-refractivity contribution in [3.05, 3.63) is 47.5 Å². The van der Waals surface area contributed by atoms with E-state index in [0.29, 0.717) is 65.8 Å². The number of morpholine rings is 1. The lowest BCUT2D eigenvalue weighted by molar-refractivity contribution is 0.0600. The zero-order chi connectivity index (χ0) is 20.4. The molecule has 1 fully saturated rings. The normalized spacial score (nSPS) is 14.1. The number of rotatable bonds is 4. The number of hydrogen-bond donors (Lipinski definition) is 1. The number of amides is 1. The molecule has 1 amide bonds. The van der Waals surface area contributed by atoms with E-state index in [1.165, 1.54) is 13.4 Å². The lowest BCUT2D eigenvalue weighted by atomic mass is 10.1. The number of aromatic nitrogens is 2. The molecule has 3 heterocycles. The topological polar surface area (TPSA) is 107 Å². The number of ether oxygens (including phenoxy) is 2. The van der Waals surface area contributed by atoms with Gasteiger partial charge in [-0.05, 0) is 31.2 Å². The fraction of sp³-hybridized carbons (Fsp3) is 0.300. The summed E-state index contributed by atoms with van der Waals surface area (Å²) in [7, 11) is 1.32. The van der Waals surface area contributed by atoms with Crippen molar-refractivity contribution >= 4 is 34.5 Å². The van der Waals surface area contributed by atoms with Crippen LogP contribution in [0, 0.1) is 6.92 Å². The van der Waals surface area contributed by atoms with Crippen molar-refractivity contribution in [3.63, 3.8) is 0 Å². The molecule has 2 aromatic heterocycles. The average molecular weight is 396 g/mol. The monoisotopic (exact) mass is 396 g/mol. The molecule has 1 saturated heterocycles. The first-order valence-corrected chi connectivity index (χ1v) is 9.15. The van der Waals surface area contributed by atoms with Crippen LogP contribution in [-0.2, 0) is 9.47 Å². The number of carbonyl (C=O) groups excluding carboxylic acids is 2. The summed E-state index contributed by atoms with van der Waals surface area (Å²) in [5, 5.41) is 3.42. The Balaban J connectivity index is 1.67. The smallest absolute Gasteiger partial charge is 0.337 e. The molecule has 0 spiro atoms. The van der Waals surface area contributed by atoms with Crippen molar-refractivity contribution in [2.45, 2.75) is 6.92 Å². The second kappa shape index (κ2) is 7.88. The van der Waals surface area contributed by atoms with E-state index in [-0.39, 0.29) is 5.91 Å². The number of fused-ring (bicyclic) bond motifs is 1. The quantitative estimate of drug-likeness (QED) is 0.670. The molecule has 3 aromatic rings. The Morgan fingerprint density at radius 3 is 2.55 bits per heavy atom. The number of carbonyl (C=O) groups is 2. The number of esters is 1. The summed E-state index contributed by atoms with van der Waals surface area (Å²) in [5.74, 6) is 0.336. The van der Waals surface area contributed by atoms with Crippen molar-refractivity contribution in [3.8, 4) is 0 Å². The molecule has 0 radical (unpaired) electrons. The molecule has 0 atom stereocenters. The largest absolute Gasteiger partial charge is 0.465 e. The number of nitrogens with zero attached hydrogens (tertiary/aromatic N) is 3. The van der Waals surface area contributed by atoms with Crippen LogP contribution in [0.3, 0.4) is 0 Å². The van der Waals surface area contributed by atoms with Crippen LogP contribution in [0.25, 0.3) is 11.1 Å². The van der Waals surface area contributed by atoms with Gasteiger partial charge in [-0.3, -0.25) is 4.79 Å². The minimum Gasteiger partial charge on any atom is -0.465 e. The molecule has 1 N–H and O–H groups in total. The molecule has 1 aromatic carbocycles. The maximum absolute atomic E-state index is 13.1. The maximum atomic E-state index is 13.1. The highest BCUT2D eigenvalue weighted by Gasteiger charge is 2.26. The molecular formula is C20H20N4O5. The van der Waals surface area contributed by atoms with Gasteiger partial charge in [0, 0.05) is 18.8 Å². The van der Waals surface area contributed by atoms with Crippen LogP contribution in [0.4, 0.5) is 11.5 Å². The van der Waals surface area contributed by atoms with Gasteiger partial charge in [0.15, 0.2) is 0 Å². The lowest BCUT2D eigenvalue weighted by Gasteiger charge is -2.28. The summed E-state index contributed by atoms with van der Waals surface area (Å²) < 4.78 is 15.8. The standard InChI is InChI=1S/C20H20N4O5/c1-12-15(18(25)23-14-5-3-13(4-6-14)20(26)27-2)16-17(21-11-22-19(16)29-12)24-7-9-28-10-8-24/h3-6,11H,7-10H2,1-2H3,(H,23,25). The summed E-state index contributed by atoms with van der Waals surface area (Å²) in [4.78, 5) is 35.3. The summed E-state index contributed by atoms with van der Waals surface area (Å²) in [5.41, 5.74) is 1.70. The third-order valence-electron chi connectivity index (χ3n) is 4.75. The molecule has 9 heteroatoms. The number of benzene rings is 1. The SMILES string of the molecule is COC(=O)c1ccc(NC(=O)c2c(C)oc3ncnc(N4CCOCC4)c23)cc1. The number of hydrogen-bond acceptors (Lipinski definition) is 8. The van der Waals surface area contributed by atoms with Gasteiger partial charge in [0.1, 0.15) is 17.9 Å². The molecule has 0 saturated carbocycles. The van der Waals surface area contributed by atoms with Crippen molar-refractivity contribution in [1.82, 2.24) is 9.97 Å². The van der Waals surface area contributed by atoms with E-state index in [4.69, 9.17) is 9.15 Å². The van der Waals surface area contributed by atoms with Crippen LogP contribution in [0.15, 0.2) is 35.0 Å². The van der Waals surface area contributed by atoms with Gasteiger partial charge in [0.05, 0.1) is 36.8 Å². The van der Waals surface area contributed by atoms with Gasteiger partial charge in [0.2, 0.25) is 5.71 Å². The van der Waals surface area contributed by atoms with Crippen LogP contribution in [0.5, 0.6) is 0 Å². The average Bonchev–Trinajstić information content (AvgIpc) is 3.10. The molecule has 1 aliphatic rings. The second-order valence-electron chi connectivity index (χ2n) is 6.53. The molecular weight excluding hydrogens is 376 g/mol. The van der Waals surface area contributed by atoms with E-state index >= 15 is 0 Å². The zero-order valence-corrected chi connectivity index (χ0v) is 16.1. The Morgan fingerprint density at radius 2 is 1.86 bits per heavy atom. The lowest BCUT2D eigenvalue weighted by Crippen LogP contribution is -2.37. The fourth-order valence-corrected chi connectivity index (χ4v) is 3.32. The van der Waals surface area contributed by atoms with E-state index in [0.717, 1.165) is 0 Å². The second-order valence-corrected chi connectivity index (χ2v) is 6.53. The molecule has 0 unspecified atom stereocenters. The Kier molecular flexibility index (Phi) is 5.13. The number of methoxy groups -OCH3 is 1. The minimum atomic E-state index is -0.438.